The lowest BCUT2D eigenvalue weighted by Crippen LogP contribution is -2.42. The van der Waals surface area contributed by atoms with Gasteiger partial charge in [0.15, 0.2) is 0 Å². The van der Waals surface area contributed by atoms with E-state index in [1.54, 1.807) is 16.4 Å². The molecule has 1 aromatic carbocycles. The van der Waals surface area contributed by atoms with Gasteiger partial charge in [-0.05, 0) is 62.3 Å². The summed E-state index contributed by atoms with van der Waals surface area (Å²) >= 11 is 0. The van der Waals surface area contributed by atoms with Gasteiger partial charge in [0.2, 0.25) is 10.0 Å². The summed E-state index contributed by atoms with van der Waals surface area (Å²) in [5.74, 6) is 1.57. The van der Waals surface area contributed by atoms with E-state index in [1.165, 1.54) is 0 Å². The summed E-state index contributed by atoms with van der Waals surface area (Å²) in [6.45, 7) is 11.7. The van der Waals surface area contributed by atoms with Crippen LogP contribution in [0, 0.1) is 25.7 Å². The summed E-state index contributed by atoms with van der Waals surface area (Å²) in [4.78, 5) is 0.412. The van der Waals surface area contributed by atoms with Gasteiger partial charge in [-0.2, -0.15) is 4.31 Å². The molecule has 22 heavy (non-hydrogen) atoms. The average Bonchev–Trinajstić information content (AvgIpc) is 2.43. The Hall–Kier alpha value is -1.07. The number of hydrogen-bond acceptors (Lipinski definition) is 3. The van der Waals surface area contributed by atoms with E-state index in [-0.39, 0.29) is 0 Å². The van der Waals surface area contributed by atoms with Crippen LogP contribution >= 0.6 is 0 Å². The van der Waals surface area contributed by atoms with Crippen LogP contribution in [-0.4, -0.2) is 32.4 Å². The Morgan fingerprint density at radius 3 is 2.27 bits per heavy atom. The smallest absolute Gasteiger partial charge is 0.243 e. The molecule has 0 radical (unpaired) electrons. The molecule has 1 fully saturated rings. The molecule has 124 valence electrons. The lowest BCUT2D eigenvalue weighted by atomic mass is 9.94. The molecule has 2 atom stereocenters. The Morgan fingerprint density at radius 2 is 1.73 bits per heavy atom. The molecule has 1 aliphatic heterocycles. The minimum Gasteiger partial charge on any atom is -0.494 e. The van der Waals surface area contributed by atoms with Crippen molar-refractivity contribution in [2.24, 2.45) is 11.8 Å². The first-order chi connectivity index (χ1) is 10.3. The fourth-order valence-electron chi connectivity index (χ4n) is 3.30. The second kappa shape index (κ2) is 6.59. The normalized spacial score (nSPS) is 23.5. The van der Waals surface area contributed by atoms with Gasteiger partial charge in [0.1, 0.15) is 5.75 Å². The molecule has 5 heteroatoms. The van der Waals surface area contributed by atoms with Crippen molar-refractivity contribution in [3.05, 3.63) is 23.3 Å². The summed E-state index contributed by atoms with van der Waals surface area (Å²) in [6, 6.07) is 3.46. The highest BCUT2D eigenvalue weighted by molar-refractivity contribution is 7.89. The molecule has 0 saturated carbocycles. The maximum atomic E-state index is 13.0. The molecule has 0 amide bonds. The third-order valence-electron chi connectivity index (χ3n) is 4.44. The van der Waals surface area contributed by atoms with Gasteiger partial charge in [-0.1, -0.05) is 13.8 Å². The van der Waals surface area contributed by atoms with Crippen molar-refractivity contribution >= 4 is 10.0 Å². The molecule has 0 unspecified atom stereocenters. The number of sulfonamides is 1. The molecular formula is C17H27NO3S. The maximum absolute atomic E-state index is 13.0. The number of benzene rings is 1. The summed E-state index contributed by atoms with van der Waals surface area (Å²) in [5, 5.41) is 0. The minimum absolute atomic E-state index is 0.405. The summed E-state index contributed by atoms with van der Waals surface area (Å²) in [6.07, 6.45) is 1.09. The second-order valence-corrected chi connectivity index (χ2v) is 8.42. The predicted octanol–water partition coefficient (Wildman–Crippen LogP) is 3.37. The predicted molar refractivity (Wildman–Crippen MR) is 88.8 cm³/mol. The van der Waals surface area contributed by atoms with Crippen molar-refractivity contribution in [3.8, 4) is 5.75 Å². The van der Waals surface area contributed by atoms with Crippen LogP contribution in [0.1, 0.15) is 38.3 Å². The van der Waals surface area contributed by atoms with E-state index in [2.05, 4.69) is 13.8 Å². The Balaban J connectivity index is 2.39. The molecule has 0 spiro atoms. The van der Waals surface area contributed by atoms with Gasteiger partial charge in [-0.25, -0.2) is 8.42 Å². The van der Waals surface area contributed by atoms with Crippen molar-refractivity contribution in [3.63, 3.8) is 0 Å². The number of nitrogens with zero attached hydrogens (tertiary/aromatic N) is 1. The highest BCUT2D eigenvalue weighted by Crippen LogP contribution is 2.32. The van der Waals surface area contributed by atoms with Gasteiger partial charge in [-0.3, -0.25) is 0 Å². The van der Waals surface area contributed by atoms with Gasteiger partial charge in [0.05, 0.1) is 11.5 Å². The maximum Gasteiger partial charge on any atom is 0.243 e. The van der Waals surface area contributed by atoms with E-state index in [0.29, 0.717) is 36.4 Å². The molecule has 4 nitrogen and oxygen atoms in total. The largest absolute Gasteiger partial charge is 0.494 e. The van der Waals surface area contributed by atoms with Gasteiger partial charge in [-0.15, -0.1) is 0 Å². The van der Waals surface area contributed by atoms with Gasteiger partial charge in [0.25, 0.3) is 0 Å². The highest BCUT2D eigenvalue weighted by Gasteiger charge is 2.33. The monoisotopic (exact) mass is 325 g/mol. The van der Waals surface area contributed by atoms with Crippen LogP contribution in [0.15, 0.2) is 17.0 Å². The zero-order valence-corrected chi connectivity index (χ0v) is 15.0. The first-order valence-corrected chi connectivity index (χ1v) is 9.44. The van der Waals surface area contributed by atoms with E-state index in [9.17, 15) is 8.42 Å². The van der Waals surface area contributed by atoms with Crippen molar-refractivity contribution in [1.82, 2.24) is 4.31 Å². The zero-order valence-electron chi connectivity index (χ0n) is 14.2. The number of piperidine rings is 1. The lowest BCUT2D eigenvalue weighted by molar-refractivity contribution is 0.222. The van der Waals surface area contributed by atoms with E-state index < -0.39 is 10.0 Å². The SMILES string of the molecule is CCOc1ccc(S(=O)(=O)N2C[C@H](C)C[C@@H](C)C2)c(C)c1C. The van der Waals surface area contributed by atoms with E-state index >= 15 is 0 Å². The van der Waals surface area contributed by atoms with E-state index in [4.69, 9.17) is 4.74 Å². The van der Waals surface area contributed by atoms with Crippen molar-refractivity contribution < 1.29 is 13.2 Å². The first-order valence-electron chi connectivity index (χ1n) is 8.00. The van der Waals surface area contributed by atoms with Crippen molar-refractivity contribution in [2.45, 2.75) is 45.9 Å². The molecule has 1 heterocycles. The van der Waals surface area contributed by atoms with Gasteiger partial charge < -0.3 is 4.74 Å². The van der Waals surface area contributed by atoms with Crippen LogP contribution in [0.2, 0.25) is 0 Å². The number of rotatable bonds is 4. The van der Waals surface area contributed by atoms with Crippen LogP contribution < -0.4 is 4.74 Å². The zero-order chi connectivity index (χ0) is 16.5. The van der Waals surface area contributed by atoms with Crippen molar-refractivity contribution in [2.75, 3.05) is 19.7 Å². The van der Waals surface area contributed by atoms with Crippen LogP contribution in [0.3, 0.4) is 0 Å². The Labute approximate surface area is 134 Å². The quantitative estimate of drug-likeness (QED) is 0.852. The standard InChI is InChI=1S/C17H27NO3S/c1-6-21-16-7-8-17(15(5)14(16)4)22(19,20)18-10-12(2)9-13(3)11-18/h7-8,12-13H,6,9-11H2,1-5H3/t12-,13-/m1/s1. The summed E-state index contributed by atoms with van der Waals surface area (Å²) < 4.78 is 33.2. The number of ether oxygens (including phenoxy) is 1. The Kier molecular flexibility index (Phi) is 5.17. The summed E-state index contributed by atoms with van der Waals surface area (Å²) in [7, 11) is -3.43. The molecular weight excluding hydrogens is 298 g/mol. The molecule has 2 rings (SSSR count). The molecule has 1 saturated heterocycles. The highest BCUT2D eigenvalue weighted by atomic mass is 32.2. The summed E-state index contributed by atoms with van der Waals surface area (Å²) in [5.41, 5.74) is 1.69. The van der Waals surface area contributed by atoms with Gasteiger partial charge in [0, 0.05) is 13.1 Å². The molecule has 0 bridgehead atoms. The van der Waals surface area contributed by atoms with E-state index in [1.807, 2.05) is 20.8 Å². The molecule has 0 aliphatic carbocycles. The second-order valence-electron chi connectivity index (χ2n) is 6.51. The Bertz CT molecular complexity index is 630. The van der Waals surface area contributed by atoms with Crippen LogP contribution in [0.25, 0.3) is 0 Å². The third kappa shape index (κ3) is 3.30. The topological polar surface area (TPSA) is 46.6 Å². The minimum atomic E-state index is -3.43. The fourth-order valence-corrected chi connectivity index (χ4v) is 5.26. The van der Waals surface area contributed by atoms with E-state index in [0.717, 1.165) is 23.3 Å². The molecule has 0 aromatic heterocycles. The average molecular weight is 325 g/mol. The van der Waals surface area contributed by atoms with Crippen molar-refractivity contribution in [1.29, 1.82) is 0 Å². The van der Waals surface area contributed by atoms with Crippen LogP contribution in [-0.2, 0) is 10.0 Å². The third-order valence-corrected chi connectivity index (χ3v) is 6.42. The fraction of sp³-hybridized carbons (Fsp3) is 0.647. The van der Waals surface area contributed by atoms with Crippen LogP contribution in [0.4, 0.5) is 0 Å². The van der Waals surface area contributed by atoms with Gasteiger partial charge >= 0.3 is 0 Å². The first kappa shape index (κ1) is 17.3. The number of hydrogen-bond donors (Lipinski definition) is 0. The Morgan fingerprint density at radius 1 is 1.14 bits per heavy atom. The lowest BCUT2D eigenvalue weighted by Gasteiger charge is -2.34. The molecule has 1 aromatic rings. The van der Waals surface area contributed by atoms with Crippen LogP contribution in [0.5, 0.6) is 5.75 Å². The molecule has 1 aliphatic rings. The molecule has 0 N–H and O–H groups in total.